The highest BCUT2D eigenvalue weighted by Gasteiger charge is 2.19. The molecule has 1 unspecified atom stereocenters. The summed E-state index contributed by atoms with van der Waals surface area (Å²) in [6.45, 7) is 6.76. The van der Waals surface area contributed by atoms with E-state index in [1.54, 1.807) is 30.5 Å². The van der Waals surface area contributed by atoms with Crippen molar-refractivity contribution in [2.24, 2.45) is 0 Å². The molecule has 6 nitrogen and oxygen atoms in total. The summed E-state index contributed by atoms with van der Waals surface area (Å²) in [5, 5.41) is 0.577. The third kappa shape index (κ3) is 5.14. The number of nitrogens with one attached hydrogen (secondary N) is 2. The number of hydrogen-bond donors (Lipinski definition) is 2. The van der Waals surface area contributed by atoms with E-state index < -0.39 is 10.0 Å². The summed E-state index contributed by atoms with van der Waals surface area (Å²) in [6.07, 6.45) is 3.93. The molecule has 1 aromatic heterocycles. The van der Waals surface area contributed by atoms with Crippen molar-refractivity contribution in [3.8, 4) is 5.75 Å². The van der Waals surface area contributed by atoms with Crippen LogP contribution in [0, 0.1) is 0 Å². The second-order valence-electron chi connectivity index (χ2n) is 6.10. The van der Waals surface area contributed by atoms with Gasteiger partial charge in [0, 0.05) is 11.6 Å². The number of aromatic nitrogens is 1. The van der Waals surface area contributed by atoms with Gasteiger partial charge < -0.3 is 9.64 Å². The van der Waals surface area contributed by atoms with Crippen LogP contribution in [0.3, 0.4) is 0 Å². The Kier molecular flexibility index (Phi) is 7.16. The summed E-state index contributed by atoms with van der Waals surface area (Å²) in [5.41, 5.74) is 0.568. The Morgan fingerprint density at radius 2 is 2.00 bits per heavy atom. The van der Waals surface area contributed by atoms with Crippen molar-refractivity contribution in [3.63, 3.8) is 0 Å². The Labute approximate surface area is 150 Å². The molecule has 138 valence electrons. The number of rotatable bonds is 10. The molecule has 1 heterocycles. The lowest BCUT2D eigenvalue weighted by Gasteiger charge is -2.15. The highest BCUT2D eigenvalue weighted by Crippen LogP contribution is 2.29. The number of unbranched alkanes of at least 4 members (excludes halogenated alkanes) is 1. The van der Waals surface area contributed by atoms with E-state index in [0.29, 0.717) is 29.8 Å². The first-order valence-electron chi connectivity index (χ1n) is 8.81. The number of likely N-dealkylation sites (N-methyl/N-ethyl adjacent to an activating group) is 1. The lowest BCUT2D eigenvalue weighted by atomic mass is 10.2. The molecule has 1 aromatic carbocycles. The van der Waals surface area contributed by atoms with E-state index in [0.717, 1.165) is 25.9 Å². The van der Waals surface area contributed by atoms with Crippen molar-refractivity contribution in [1.82, 2.24) is 9.71 Å². The maximum Gasteiger partial charge on any atom is 0.241 e. The zero-order valence-corrected chi connectivity index (χ0v) is 16.0. The van der Waals surface area contributed by atoms with Gasteiger partial charge in [-0.05, 0) is 37.6 Å². The van der Waals surface area contributed by atoms with Crippen molar-refractivity contribution in [2.45, 2.75) is 31.6 Å². The van der Waals surface area contributed by atoms with Gasteiger partial charge in [0.25, 0.3) is 0 Å². The van der Waals surface area contributed by atoms with Crippen LogP contribution in [-0.4, -0.2) is 46.7 Å². The molecule has 0 amide bonds. The first-order chi connectivity index (χ1) is 12.0. The second kappa shape index (κ2) is 9.12. The molecular weight excluding hydrogens is 338 g/mol. The number of nitrogens with zero attached hydrogens (tertiary/aromatic N) is 1. The second-order valence-corrected chi connectivity index (χ2v) is 7.84. The van der Waals surface area contributed by atoms with Gasteiger partial charge in [0.1, 0.15) is 11.3 Å². The fourth-order valence-electron chi connectivity index (χ4n) is 2.71. The number of fused-ring (bicyclic) bond motifs is 1. The number of quaternary nitrogens is 1. The van der Waals surface area contributed by atoms with Crippen LogP contribution < -0.4 is 14.4 Å². The average molecular weight is 367 g/mol. The summed E-state index contributed by atoms with van der Waals surface area (Å²) >= 11 is 0. The SMILES string of the molecule is CCCC[NH+](C)CCNS(=O)(=O)c1ccc(OCC)c2ncccc12. The Morgan fingerprint density at radius 3 is 2.72 bits per heavy atom. The van der Waals surface area contributed by atoms with E-state index in [9.17, 15) is 8.42 Å². The van der Waals surface area contributed by atoms with E-state index in [4.69, 9.17) is 4.74 Å². The third-order valence-corrected chi connectivity index (χ3v) is 5.60. The molecule has 0 saturated heterocycles. The number of ether oxygens (including phenoxy) is 1. The summed E-state index contributed by atoms with van der Waals surface area (Å²) in [6, 6.07) is 6.76. The minimum atomic E-state index is -3.59. The molecule has 0 saturated carbocycles. The van der Waals surface area contributed by atoms with Gasteiger partial charge in [-0.25, -0.2) is 13.1 Å². The lowest BCUT2D eigenvalue weighted by Crippen LogP contribution is -3.09. The quantitative estimate of drug-likeness (QED) is 0.663. The Morgan fingerprint density at radius 1 is 1.20 bits per heavy atom. The van der Waals surface area contributed by atoms with Gasteiger partial charge in [-0.15, -0.1) is 0 Å². The molecule has 0 aliphatic heterocycles. The predicted molar refractivity (Wildman–Crippen MR) is 99.6 cm³/mol. The van der Waals surface area contributed by atoms with Crippen LogP contribution in [0.4, 0.5) is 0 Å². The number of hydrogen-bond acceptors (Lipinski definition) is 4. The van der Waals surface area contributed by atoms with Crippen LogP contribution in [0.5, 0.6) is 5.75 Å². The van der Waals surface area contributed by atoms with Crippen LogP contribution in [0.2, 0.25) is 0 Å². The molecule has 0 fully saturated rings. The number of benzene rings is 1. The zero-order chi connectivity index (χ0) is 18.3. The van der Waals surface area contributed by atoms with E-state index in [1.165, 1.54) is 4.90 Å². The van der Waals surface area contributed by atoms with Crippen molar-refractivity contribution in [3.05, 3.63) is 30.5 Å². The van der Waals surface area contributed by atoms with Crippen molar-refractivity contribution in [2.75, 3.05) is 33.3 Å². The van der Waals surface area contributed by atoms with Crippen LogP contribution >= 0.6 is 0 Å². The van der Waals surface area contributed by atoms with E-state index in [1.807, 2.05) is 6.92 Å². The largest absolute Gasteiger partial charge is 0.492 e. The molecule has 0 aliphatic rings. The topological polar surface area (TPSA) is 72.7 Å². The van der Waals surface area contributed by atoms with E-state index in [2.05, 4.69) is 23.7 Å². The smallest absolute Gasteiger partial charge is 0.241 e. The Hall–Kier alpha value is -1.70. The molecule has 0 bridgehead atoms. The summed E-state index contributed by atoms with van der Waals surface area (Å²) in [7, 11) is -1.51. The highest BCUT2D eigenvalue weighted by molar-refractivity contribution is 7.89. The van der Waals surface area contributed by atoms with Gasteiger partial charge in [-0.1, -0.05) is 13.3 Å². The third-order valence-electron chi connectivity index (χ3n) is 4.08. The number of pyridine rings is 1. The van der Waals surface area contributed by atoms with Crippen LogP contribution in [0.15, 0.2) is 35.4 Å². The predicted octanol–water partition coefficient (Wildman–Crippen LogP) is 1.23. The van der Waals surface area contributed by atoms with Gasteiger partial charge in [0.15, 0.2) is 0 Å². The monoisotopic (exact) mass is 366 g/mol. The standard InChI is InChI=1S/C18H27N3O3S/c1-4-6-13-21(3)14-12-20-25(22,23)17-10-9-16(24-5-2)18-15(17)8-7-11-19-18/h7-11,20H,4-6,12-14H2,1-3H3/p+1. The van der Waals surface area contributed by atoms with Gasteiger partial charge in [0.2, 0.25) is 10.0 Å². The van der Waals surface area contributed by atoms with E-state index >= 15 is 0 Å². The minimum absolute atomic E-state index is 0.241. The maximum atomic E-state index is 12.7. The van der Waals surface area contributed by atoms with E-state index in [-0.39, 0.29) is 4.90 Å². The maximum absolute atomic E-state index is 12.7. The molecule has 0 radical (unpaired) electrons. The fraction of sp³-hybridized carbons (Fsp3) is 0.500. The average Bonchev–Trinajstić information content (AvgIpc) is 2.60. The van der Waals surface area contributed by atoms with Crippen molar-refractivity contribution >= 4 is 20.9 Å². The molecule has 2 N–H and O–H groups in total. The molecule has 2 aromatic rings. The molecule has 2 rings (SSSR count). The van der Waals surface area contributed by atoms with Gasteiger partial charge in [0.05, 0.1) is 38.2 Å². The summed E-state index contributed by atoms with van der Waals surface area (Å²) in [4.78, 5) is 5.86. The zero-order valence-electron chi connectivity index (χ0n) is 15.2. The Bertz CT molecular complexity index is 793. The Balaban J connectivity index is 2.18. The van der Waals surface area contributed by atoms with Crippen molar-refractivity contribution < 1.29 is 18.1 Å². The molecule has 25 heavy (non-hydrogen) atoms. The molecule has 0 spiro atoms. The normalized spacial score (nSPS) is 13.1. The molecule has 0 aliphatic carbocycles. The molecule has 7 heteroatoms. The molecule has 1 atom stereocenters. The van der Waals surface area contributed by atoms with Crippen LogP contribution in [-0.2, 0) is 10.0 Å². The van der Waals surface area contributed by atoms with Gasteiger partial charge in [-0.3, -0.25) is 4.98 Å². The number of sulfonamides is 1. The van der Waals surface area contributed by atoms with Gasteiger partial charge >= 0.3 is 0 Å². The lowest BCUT2D eigenvalue weighted by molar-refractivity contribution is -0.878. The highest BCUT2D eigenvalue weighted by atomic mass is 32.2. The first-order valence-corrected chi connectivity index (χ1v) is 10.3. The van der Waals surface area contributed by atoms with Crippen molar-refractivity contribution in [1.29, 1.82) is 0 Å². The minimum Gasteiger partial charge on any atom is -0.492 e. The molecular formula is C18H28N3O3S+. The van der Waals surface area contributed by atoms with Crippen LogP contribution in [0.25, 0.3) is 10.9 Å². The summed E-state index contributed by atoms with van der Waals surface area (Å²) < 4.78 is 33.7. The fourth-order valence-corrected chi connectivity index (χ4v) is 3.93. The first kappa shape index (κ1) is 19.6. The van der Waals surface area contributed by atoms with Crippen LogP contribution in [0.1, 0.15) is 26.7 Å². The summed E-state index contributed by atoms with van der Waals surface area (Å²) in [5.74, 6) is 0.598. The van der Waals surface area contributed by atoms with Gasteiger partial charge in [-0.2, -0.15) is 0 Å².